The Bertz CT molecular complexity index is 977. The molecule has 0 amide bonds. The fourth-order valence-corrected chi connectivity index (χ4v) is 4.21. The molecule has 4 atom stereocenters. The molecule has 0 saturated heterocycles. The molecule has 2 aromatic carbocycles. The average Bonchev–Trinajstić information content (AvgIpc) is 2.75. The van der Waals surface area contributed by atoms with Crippen LogP contribution in [0.4, 0.5) is 0 Å². The van der Waals surface area contributed by atoms with Crippen molar-refractivity contribution in [3.8, 4) is 23.7 Å². The fraction of sp³-hybridized carbons (Fsp3) is 0.231. The van der Waals surface area contributed by atoms with Crippen LogP contribution >= 0.6 is 0 Å². The van der Waals surface area contributed by atoms with Crippen molar-refractivity contribution in [3.63, 3.8) is 0 Å². The molecule has 4 nitrogen and oxygen atoms in total. The summed E-state index contributed by atoms with van der Waals surface area (Å²) in [5.41, 5.74) is 1.99. The molecule has 1 fully saturated rings. The lowest BCUT2D eigenvalue weighted by atomic mass is 9.52. The van der Waals surface area contributed by atoms with E-state index in [1.807, 2.05) is 60.7 Å². The Morgan fingerprint density at radius 3 is 1.40 bits per heavy atom. The first kappa shape index (κ1) is 19.6. The van der Waals surface area contributed by atoms with Crippen molar-refractivity contribution in [1.82, 2.24) is 0 Å². The van der Waals surface area contributed by atoms with Crippen LogP contribution in [0.25, 0.3) is 0 Å². The topological polar surface area (TPSA) is 52.6 Å². The molecule has 0 aromatic heterocycles. The fourth-order valence-electron chi connectivity index (χ4n) is 4.21. The van der Waals surface area contributed by atoms with E-state index in [2.05, 4.69) is 23.7 Å². The molecule has 2 aliphatic rings. The number of carbonyl (C=O) groups excluding carboxylic acids is 2. The summed E-state index contributed by atoms with van der Waals surface area (Å²) in [5.74, 6) is 8.57. The van der Waals surface area contributed by atoms with Gasteiger partial charge in [0.2, 0.25) is 0 Å². The molecule has 30 heavy (non-hydrogen) atoms. The molecule has 0 N–H and O–H groups in total. The lowest BCUT2D eigenvalue weighted by Gasteiger charge is -2.49. The van der Waals surface area contributed by atoms with Crippen LogP contribution in [0, 0.1) is 35.5 Å². The van der Waals surface area contributed by atoms with Gasteiger partial charge >= 0.3 is 11.9 Å². The van der Waals surface area contributed by atoms with Crippen LogP contribution in [0.1, 0.15) is 23.0 Å². The molecular weight excluding hydrogens is 376 g/mol. The third-order valence-corrected chi connectivity index (χ3v) is 5.49. The third-order valence-electron chi connectivity index (χ3n) is 5.49. The summed E-state index contributed by atoms with van der Waals surface area (Å²) in [6.07, 6.45) is 3.14. The number of hydrogen-bond acceptors (Lipinski definition) is 4. The highest BCUT2D eigenvalue weighted by atomic mass is 16.5. The van der Waals surface area contributed by atoms with Gasteiger partial charge in [0.05, 0.1) is 11.8 Å². The molecule has 4 rings (SSSR count). The Morgan fingerprint density at radius 1 is 0.600 bits per heavy atom. The minimum absolute atomic E-state index is 0.0353. The van der Waals surface area contributed by atoms with Crippen LogP contribution in [-0.4, -0.2) is 25.2 Å². The van der Waals surface area contributed by atoms with E-state index in [1.165, 1.54) is 0 Å². The van der Waals surface area contributed by atoms with Crippen LogP contribution < -0.4 is 0 Å². The molecule has 0 spiro atoms. The van der Waals surface area contributed by atoms with Gasteiger partial charge in [-0.2, -0.15) is 0 Å². The van der Waals surface area contributed by atoms with Gasteiger partial charge in [0.15, 0.2) is 13.2 Å². The summed E-state index contributed by atoms with van der Waals surface area (Å²) < 4.78 is 10.8. The zero-order valence-corrected chi connectivity index (χ0v) is 16.3. The first-order valence-electron chi connectivity index (χ1n) is 9.82. The summed E-state index contributed by atoms with van der Waals surface area (Å²) in [5, 5.41) is 0. The van der Waals surface area contributed by atoms with E-state index in [1.54, 1.807) is 12.2 Å². The predicted octanol–water partition coefficient (Wildman–Crippen LogP) is 3.46. The second kappa shape index (κ2) is 9.16. The second-order valence-electron chi connectivity index (χ2n) is 7.12. The van der Waals surface area contributed by atoms with Gasteiger partial charge in [-0.1, -0.05) is 84.3 Å². The Morgan fingerprint density at radius 2 is 1.00 bits per heavy atom. The highest BCUT2D eigenvalue weighted by Crippen LogP contribution is 2.58. The number of rotatable bonds is 2. The maximum absolute atomic E-state index is 13.0. The molecule has 0 bridgehead atoms. The van der Waals surface area contributed by atoms with Crippen LogP contribution in [0.15, 0.2) is 72.8 Å². The predicted molar refractivity (Wildman–Crippen MR) is 112 cm³/mol. The van der Waals surface area contributed by atoms with E-state index >= 15 is 0 Å². The smallest absolute Gasteiger partial charge is 0.311 e. The molecule has 0 radical (unpaired) electrons. The number of esters is 2. The molecule has 1 aliphatic heterocycles. The zero-order valence-electron chi connectivity index (χ0n) is 16.3. The largest absolute Gasteiger partial charge is 0.452 e. The van der Waals surface area contributed by atoms with Gasteiger partial charge in [-0.25, -0.2) is 0 Å². The zero-order chi connectivity index (χ0) is 20.8. The van der Waals surface area contributed by atoms with Crippen LogP contribution in [0.3, 0.4) is 0 Å². The summed E-state index contributed by atoms with van der Waals surface area (Å²) >= 11 is 0. The standard InChI is InChI=1S/C26H20O4/c27-25-23-21(19-13-7-5-8-14-19)22(20-15-9-6-10-16-20)24(23)26(28)30-18-12-4-2-1-3-11-17-29-25/h1-2,5-10,13-16,21-24H,17-18H2/b2-1-/t21-,22+,23+,24-. The van der Waals surface area contributed by atoms with Crippen molar-refractivity contribution in [2.45, 2.75) is 11.8 Å². The minimum Gasteiger partial charge on any atom is -0.452 e. The van der Waals surface area contributed by atoms with E-state index in [4.69, 9.17) is 9.47 Å². The van der Waals surface area contributed by atoms with Crippen molar-refractivity contribution in [1.29, 1.82) is 0 Å². The van der Waals surface area contributed by atoms with E-state index in [-0.39, 0.29) is 25.0 Å². The summed E-state index contributed by atoms with van der Waals surface area (Å²) in [6, 6.07) is 19.5. The number of fused-ring (bicyclic) bond motifs is 1. The maximum Gasteiger partial charge on any atom is 0.311 e. The Hall–Kier alpha value is -3.76. The number of allylic oxidation sites excluding steroid dienone is 2. The van der Waals surface area contributed by atoms with Crippen LogP contribution in [-0.2, 0) is 19.1 Å². The first-order chi connectivity index (χ1) is 14.8. The van der Waals surface area contributed by atoms with Gasteiger partial charge in [-0.3, -0.25) is 9.59 Å². The molecule has 1 aliphatic carbocycles. The summed E-state index contributed by atoms with van der Waals surface area (Å²) in [4.78, 5) is 26.0. The highest BCUT2D eigenvalue weighted by molar-refractivity contribution is 5.87. The number of hydrogen-bond donors (Lipinski definition) is 0. The molecule has 148 valence electrons. The first-order valence-corrected chi connectivity index (χ1v) is 9.82. The van der Waals surface area contributed by atoms with Gasteiger partial charge in [-0.05, 0) is 23.3 Å². The van der Waals surface area contributed by atoms with E-state index < -0.39 is 23.8 Å². The molecule has 2 aromatic rings. The van der Waals surface area contributed by atoms with Gasteiger partial charge in [0.1, 0.15) is 0 Å². The van der Waals surface area contributed by atoms with Gasteiger partial charge < -0.3 is 9.47 Å². The summed E-state index contributed by atoms with van der Waals surface area (Å²) in [7, 11) is 0. The molecule has 1 heterocycles. The van der Waals surface area contributed by atoms with E-state index in [0.29, 0.717) is 0 Å². The molecule has 4 heteroatoms. The van der Waals surface area contributed by atoms with Crippen LogP contribution in [0.2, 0.25) is 0 Å². The lowest BCUT2D eigenvalue weighted by Crippen LogP contribution is -2.52. The normalized spacial score (nSPS) is 26.7. The van der Waals surface area contributed by atoms with Crippen molar-refractivity contribution in [3.05, 3.63) is 83.9 Å². The minimum atomic E-state index is -0.640. The Balaban J connectivity index is 1.74. The number of ether oxygens (including phenoxy) is 2. The van der Waals surface area contributed by atoms with E-state index in [0.717, 1.165) is 11.1 Å². The van der Waals surface area contributed by atoms with E-state index in [9.17, 15) is 9.59 Å². The van der Waals surface area contributed by atoms with Gasteiger partial charge in [-0.15, -0.1) is 0 Å². The highest BCUT2D eigenvalue weighted by Gasteiger charge is 2.59. The van der Waals surface area contributed by atoms with Gasteiger partial charge in [0.25, 0.3) is 0 Å². The quantitative estimate of drug-likeness (QED) is 0.576. The Labute approximate surface area is 175 Å². The molecule has 1 saturated carbocycles. The second-order valence-corrected chi connectivity index (χ2v) is 7.12. The van der Waals surface area contributed by atoms with Crippen molar-refractivity contribution in [2.75, 3.05) is 13.2 Å². The molecule has 0 unspecified atom stereocenters. The third kappa shape index (κ3) is 4.00. The van der Waals surface area contributed by atoms with Crippen molar-refractivity contribution < 1.29 is 19.1 Å². The Kier molecular flexibility index (Phi) is 5.97. The average molecular weight is 396 g/mol. The maximum atomic E-state index is 13.0. The van der Waals surface area contributed by atoms with Crippen molar-refractivity contribution >= 4 is 11.9 Å². The number of carbonyl (C=O) groups is 2. The monoisotopic (exact) mass is 396 g/mol. The SMILES string of the molecule is O=C1OCC#C/C=C\C#CCOC(=O)[C@H]2[C@@H]1[C@H](c1ccccc1)[C@@H]2c1ccccc1. The lowest BCUT2D eigenvalue weighted by molar-refractivity contribution is -0.170. The molecular formula is C26H20O4. The van der Waals surface area contributed by atoms with Gasteiger partial charge in [0, 0.05) is 11.8 Å². The number of benzene rings is 2. The summed E-state index contributed by atoms with van der Waals surface area (Å²) in [6.45, 7) is -0.0707. The van der Waals surface area contributed by atoms with Crippen molar-refractivity contribution in [2.24, 2.45) is 11.8 Å². The van der Waals surface area contributed by atoms with Crippen LogP contribution in [0.5, 0.6) is 0 Å². The number of cyclic esters (lactones) is 2.